The Labute approximate surface area is 156 Å². The Morgan fingerprint density at radius 2 is 1.74 bits per heavy atom. The summed E-state index contributed by atoms with van der Waals surface area (Å²) in [5.74, 6) is 1.37. The average Bonchev–Trinajstić information content (AvgIpc) is 3.44. The van der Waals surface area contributed by atoms with Crippen LogP contribution in [0.25, 0.3) is 5.65 Å². The van der Waals surface area contributed by atoms with Crippen LogP contribution in [0.5, 0.6) is 0 Å². The lowest BCUT2D eigenvalue weighted by Gasteiger charge is -2.32. The Morgan fingerprint density at radius 3 is 2.48 bits per heavy atom. The van der Waals surface area contributed by atoms with Gasteiger partial charge in [0.15, 0.2) is 23.1 Å². The number of anilines is 1. The zero-order valence-electron chi connectivity index (χ0n) is 15.0. The van der Waals surface area contributed by atoms with E-state index in [2.05, 4.69) is 15.1 Å². The van der Waals surface area contributed by atoms with Gasteiger partial charge in [-0.3, -0.25) is 0 Å². The number of hydrogen-bond donors (Lipinski definition) is 0. The lowest BCUT2D eigenvalue weighted by molar-refractivity contribution is 0.400. The van der Waals surface area contributed by atoms with Crippen LogP contribution in [0, 0.1) is 17.6 Å². The highest BCUT2D eigenvalue weighted by atomic mass is 19.2. The fourth-order valence-corrected chi connectivity index (χ4v) is 3.93. The van der Waals surface area contributed by atoms with Gasteiger partial charge in [-0.25, -0.2) is 8.78 Å². The van der Waals surface area contributed by atoms with Crippen LogP contribution >= 0.6 is 0 Å². The van der Waals surface area contributed by atoms with E-state index >= 15 is 0 Å². The van der Waals surface area contributed by atoms with Crippen molar-refractivity contribution in [3.63, 3.8) is 0 Å². The monoisotopic (exact) mass is 369 g/mol. The summed E-state index contributed by atoms with van der Waals surface area (Å²) < 4.78 is 28.4. The van der Waals surface area contributed by atoms with Gasteiger partial charge in [0.05, 0.1) is 0 Å². The third-order valence-corrected chi connectivity index (χ3v) is 5.66. The third-order valence-electron chi connectivity index (χ3n) is 5.66. The molecule has 2 aliphatic rings. The molecule has 0 unspecified atom stereocenters. The smallest absolute Gasteiger partial charge is 0.178 e. The Morgan fingerprint density at radius 1 is 0.926 bits per heavy atom. The molecule has 3 aromatic rings. The first-order chi connectivity index (χ1) is 13.2. The molecule has 0 atom stereocenters. The second kappa shape index (κ2) is 6.55. The summed E-state index contributed by atoms with van der Waals surface area (Å²) >= 11 is 0. The number of rotatable bonds is 4. The topological polar surface area (TPSA) is 46.3 Å². The molecule has 0 amide bonds. The lowest BCUT2D eigenvalue weighted by Crippen LogP contribution is -2.35. The van der Waals surface area contributed by atoms with Crippen molar-refractivity contribution < 1.29 is 8.78 Å². The largest absolute Gasteiger partial charge is 0.355 e. The molecule has 7 heteroatoms. The van der Waals surface area contributed by atoms with Gasteiger partial charge >= 0.3 is 0 Å². The van der Waals surface area contributed by atoms with E-state index in [1.807, 2.05) is 16.6 Å². The molecule has 1 saturated heterocycles. The van der Waals surface area contributed by atoms with Crippen LogP contribution in [0.4, 0.5) is 14.6 Å². The summed E-state index contributed by atoms with van der Waals surface area (Å²) in [4.78, 5) is 2.29. The average molecular weight is 369 g/mol. The van der Waals surface area contributed by atoms with Crippen LogP contribution < -0.4 is 4.90 Å². The number of nitrogens with zero attached hydrogens (tertiary/aromatic N) is 5. The number of piperidine rings is 1. The fraction of sp³-hybridized carbons (Fsp3) is 0.450. The summed E-state index contributed by atoms with van der Waals surface area (Å²) in [6.45, 7) is 1.82. The Hall–Kier alpha value is -2.57. The van der Waals surface area contributed by atoms with Gasteiger partial charge in [-0.2, -0.15) is 4.52 Å². The maximum atomic E-state index is 13.4. The zero-order valence-corrected chi connectivity index (χ0v) is 15.0. The van der Waals surface area contributed by atoms with Crippen molar-refractivity contribution in [1.29, 1.82) is 0 Å². The van der Waals surface area contributed by atoms with Crippen molar-refractivity contribution in [3.05, 3.63) is 53.4 Å². The minimum Gasteiger partial charge on any atom is -0.355 e. The number of hydrogen-bond acceptors (Lipinski definition) is 4. The molecular weight excluding hydrogens is 348 g/mol. The molecule has 1 aromatic carbocycles. The summed E-state index contributed by atoms with van der Waals surface area (Å²) in [7, 11) is 0. The fourth-order valence-electron chi connectivity index (χ4n) is 3.93. The normalized spacial score (nSPS) is 18.4. The minimum absolute atomic E-state index is 0.478. The summed E-state index contributed by atoms with van der Waals surface area (Å²) in [5.41, 5.74) is 1.67. The highest BCUT2D eigenvalue weighted by molar-refractivity contribution is 5.46. The van der Waals surface area contributed by atoms with Crippen molar-refractivity contribution in [3.8, 4) is 0 Å². The van der Waals surface area contributed by atoms with E-state index in [-0.39, 0.29) is 0 Å². The second-order valence-electron chi connectivity index (χ2n) is 7.68. The van der Waals surface area contributed by atoms with Crippen LogP contribution in [-0.4, -0.2) is 32.9 Å². The Balaban J connectivity index is 1.26. The molecule has 1 aliphatic carbocycles. The summed E-state index contributed by atoms with van der Waals surface area (Å²) in [6.07, 6.45) is 5.14. The van der Waals surface area contributed by atoms with Crippen LogP contribution in [0.3, 0.4) is 0 Å². The van der Waals surface area contributed by atoms with Crippen LogP contribution in [-0.2, 0) is 6.42 Å². The first-order valence-electron chi connectivity index (χ1n) is 9.58. The highest BCUT2D eigenvalue weighted by Crippen LogP contribution is 2.38. The van der Waals surface area contributed by atoms with Gasteiger partial charge < -0.3 is 4.90 Å². The Bertz CT molecular complexity index is 974. The predicted octanol–water partition coefficient (Wildman–Crippen LogP) is 3.74. The van der Waals surface area contributed by atoms with Crippen molar-refractivity contribution in [2.45, 2.75) is 38.0 Å². The summed E-state index contributed by atoms with van der Waals surface area (Å²) in [5, 5.41) is 13.3. The van der Waals surface area contributed by atoms with Crippen LogP contribution in [0.1, 0.15) is 43.0 Å². The van der Waals surface area contributed by atoms with Gasteiger partial charge in [0.25, 0.3) is 0 Å². The van der Waals surface area contributed by atoms with E-state index < -0.39 is 11.6 Å². The zero-order chi connectivity index (χ0) is 18.4. The molecule has 1 saturated carbocycles. The quantitative estimate of drug-likeness (QED) is 0.703. The number of fused-ring (bicyclic) bond motifs is 1. The second-order valence-corrected chi connectivity index (χ2v) is 7.68. The molecular formula is C20H21F2N5. The maximum absolute atomic E-state index is 13.4. The van der Waals surface area contributed by atoms with E-state index in [4.69, 9.17) is 5.10 Å². The van der Waals surface area contributed by atoms with E-state index in [0.717, 1.165) is 55.2 Å². The van der Waals surface area contributed by atoms with Crippen LogP contribution in [0.15, 0.2) is 30.3 Å². The molecule has 2 fully saturated rings. The molecule has 27 heavy (non-hydrogen) atoms. The van der Waals surface area contributed by atoms with Crippen molar-refractivity contribution >= 4 is 11.5 Å². The van der Waals surface area contributed by atoms with Crippen molar-refractivity contribution in [2.24, 2.45) is 5.92 Å². The highest BCUT2D eigenvalue weighted by Gasteiger charge is 2.29. The van der Waals surface area contributed by atoms with Gasteiger partial charge in [0.1, 0.15) is 5.82 Å². The minimum atomic E-state index is -0.783. The molecule has 3 heterocycles. The van der Waals surface area contributed by atoms with Crippen LogP contribution in [0.2, 0.25) is 0 Å². The van der Waals surface area contributed by atoms with Gasteiger partial charge in [0.2, 0.25) is 0 Å². The number of benzene rings is 1. The molecule has 140 valence electrons. The molecule has 0 spiro atoms. The molecule has 5 nitrogen and oxygen atoms in total. The first-order valence-corrected chi connectivity index (χ1v) is 9.58. The summed E-state index contributed by atoms with van der Waals surface area (Å²) in [6, 6.07) is 8.22. The number of halogens is 2. The Kier molecular flexibility index (Phi) is 4.02. The van der Waals surface area contributed by atoms with Gasteiger partial charge in [-0.05, 0) is 67.9 Å². The molecule has 0 N–H and O–H groups in total. The molecule has 0 radical (unpaired) electrons. The van der Waals surface area contributed by atoms with Gasteiger partial charge in [0, 0.05) is 19.0 Å². The molecule has 2 aromatic heterocycles. The van der Waals surface area contributed by atoms with E-state index in [1.54, 1.807) is 6.07 Å². The number of aromatic nitrogens is 4. The maximum Gasteiger partial charge on any atom is 0.178 e. The molecule has 0 bridgehead atoms. The van der Waals surface area contributed by atoms with Crippen molar-refractivity contribution in [2.75, 3.05) is 18.0 Å². The van der Waals surface area contributed by atoms with E-state index in [9.17, 15) is 8.78 Å². The van der Waals surface area contributed by atoms with Gasteiger partial charge in [-0.15, -0.1) is 15.3 Å². The molecule has 1 aliphatic heterocycles. The third kappa shape index (κ3) is 3.26. The van der Waals surface area contributed by atoms with E-state index in [0.29, 0.717) is 11.8 Å². The van der Waals surface area contributed by atoms with E-state index in [1.165, 1.54) is 25.0 Å². The predicted molar refractivity (Wildman–Crippen MR) is 97.8 cm³/mol. The SMILES string of the molecule is Fc1ccc(CC2CCN(c3ccc4nnc(C5CC5)n4n3)CC2)cc1F. The van der Waals surface area contributed by atoms with Gasteiger partial charge in [-0.1, -0.05) is 6.07 Å². The lowest BCUT2D eigenvalue weighted by atomic mass is 9.90. The molecule has 5 rings (SSSR count). The standard InChI is InChI=1S/C20H21F2N5/c21-16-4-1-14(12-17(16)22)11-13-7-9-26(10-8-13)19-6-5-18-23-24-20(15-2-3-15)27(18)25-19/h1,4-6,12-13,15H,2-3,7-11H2. The van der Waals surface area contributed by atoms with Crippen molar-refractivity contribution in [1.82, 2.24) is 19.8 Å². The first kappa shape index (κ1) is 16.6.